The zero-order chi connectivity index (χ0) is 20.3. The zero-order valence-corrected chi connectivity index (χ0v) is 17.3. The maximum Gasteiger partial charge on any atom is 0.188 e. The van der Waals surface area contributed by atoms with E-state index in [1.165, 1.54) is 18.2 Å². The van der Waals surface area contributed by atoms with Gasteiger partial charge in [0.25, 0.3) is 0 Å². The van der Waals surface area contributed by atoms with Crippen LogP contribution in [0, 0.1) is 17.6 Å². The molecule has 148 valence electrons. The van der Waals surface area contributed by atoms with Gasteiger partial charge >= 0.3 is 0 Å². The molecule has 0 radical (unpaired) electrons. The van der Waals surface area contributed by atoms with Crippen molar-refractivity contribution in [1.29, 1.82) is 0 Å². The van der Waals surface area contributed by atoms with Gasteiger partial charge in [0.05, 0.1) is 23.0 Å². The minimum Gasteiger partial charge on any atom is -0.616 e. The first-order valence-corrected chi connectivity index (χ1v) is 12.0. The van der Waals surface area contributed by atoms with Crippen LogP contribution in [-0.2, 0) is 25.8 Å². The van der Waals surface area contributed by atoms with Crippen molar-refractivity contribution < 1.29 is 26.5 Å². The van der Waals surface area contributed by atoms with Crippen LogP contribution in [0.3, 0.4) is 0 Å². The smallest absolute Gasteiger partial charge is 0.188 e. The number of rotatable bonds is 2. The second-order valence-corrected chi connectivity index (χ2v) is 11.3. The van der Waals surface area contributed by atoms with Crippen molar-refractivity contribution in [1.82, 2.24) is 0 Å². The summed E-state index contributed by atoms with van der Waals surface area (Å²) in [5.74, 6) is -2.67. The molecule has 2 aromatic rings. The van der Waals surface area contributed by atoms with Gasteiger partial charge in [-0.3, -0.25) is 0 Å². The quantitative estimate of drug-likeness (QED) is 0.522. The molecule has 2 aliphatic heterocycles. The molecule has 0 spiro atoms. The van der Waals surface area contributed by atoms with E-state index in [4.69, 9.17) is 16.3 Å². The number of fused-ring (bicyclic) bond motifs is 3. The summed E-state index contributed by atoms with van der Waals surface area (Å²) in [6.45, 7) is -0.148. The molecule has 1 saturated heterocycles. The number of sulfone groups is 1. The van der Waals surface area contributed by atoms with Crippen LogP contribution >= 0.6 is 11.6 Å². The Morgan fingerprint density at radius 2 is 1.96 bits per heavy atom. The minimum atomic E-state index is -4.19. The molecule has 10 heteroatoms. The summed E-state index contributed by atoms with van der Waals surface area (Å²) in [5, 5.41) is 0.375. The van der Waals surface area contributed by atoms with Gasteiger partial charge in [0.1, 0.15) is 29.9 Å². The summed E-state index contributed by atoms with van der Waals surface area (Å²) in [6, 6.07) is 6.19. The molecule has 0 N–H and O–H groups in total. The largest absolute Gasteiger partial charge is 0.616 e. The normalized spacial score (nSPS) is 26.9. The average Bonchev–Trinajstić information content (AvgIpc) is 2.63. The lowest BCUT2D eigenvalue weighted by molar-refractivity contribution is 0.166. The summed E-state index contributed by atoms with van der Waals surface area (Å²) in [6.07, 6.45) is -0.0780. The van der Waals surface area contributed by atoms with Crippen LogP contribution in [0.25, 0.3) is 0 Å². The van der Waals surface area contributed by atoms with Crippen LogP contribution in [0.5, 0.6) is 5.75 Å². The van der Waals surface area contributed by atoms with E-state index < -0.39 is 43.3 Å². The molecule has 0 aromatic heterocycles. The molecule has 0 bridgehead atoms. The minimum absolute atomic E-state index is 0.00564. The maximum atomic E-state index is 15.0. The van der Waals surface area contributed by atoms with E-state index in [9.17, 15) is 21.8 Å². The Labute approximate surface area is 170 Å². The molecule has 1 unspecified atom stereocenters. The number of benzene rings is 2. The van der Waals surface area contributed by atoms with Crippen molar-refractivity contribution in [2.75, 3.05) is 18.1 Å². The topological polar surface area (TPSA) is 66.4 Å². The molecule has 28 heavy (non-hydrogen) atoms. The van der Waals surface area contributed by atoms with E-state index >= 15 is 0 Å². The van der Waals surface area contributed by atoms with Gasteiger partial charge in [0, 0.05) is 11.4 Å². The highest BCUT2D eigenvalue weighted by Crippen LogP contribution is 2.54. The van der Waals surface area contributed by atoms with E-state index in [-0.39, 0.29) is 40.7 Å². The third-order valence-electron chi connectivity index (χ3n) is 5.56. The number of halogens is 3. The van der Waals surface area contributed by atoms with Gasteiger partial charge in [-0.25, -0.2) is 17.2 Å². The summed E-state index contributed by atoms with van der Waals surface area (Å²) >= 11 is 4.71. The molecule has 2 aromatic carbocycles. The predicted molar refractivity (Wildman–Crippen MR) is 106 cm³/mol. The van der Waals surface area contributed by atoms with Crippen molar-refractivity contribution >= 4 is 45.9 Å². The Bertz CT molecular complexity index is 1070. The first kappa shape index (κ1) is 20.0. The van der Waals surface area contributed by atoms with E-state index in [0.29, 0.717) is 10.5 Å². The Hall–Kier alpha value is -1.29. The molecule has 0 amide bonds. The lowest BCUT2D eigenvalue weighted by Gasteiger charge is -2.46. The van der Waals surface area contributed by atoms with Crippen molar-refractivity contribution in [2.45, 2.75) is 16.1 Å². The van der Waals surface area contributed by atoms with Gasteiger partial charge in [0.15, 0.2) is 21.4 Å². The van der Waals surface area contributed by atoms with Crippen LogP contribution in [0.4, 0.5) is 8.78 Å². The second-order valence-electron chi connectivity index (χ2n) is 7.10. The third-order valence-corrected chi connectivity index (χ3v) is 9.97. The average molecular weight is 445 g/mol. The Balaban J connectivity index is 2.04. The zero-order valence-electron chi connectivity index (χ0n) is 14.9. The van der Waals surface area contributed by atoms with Crippen molar-refractivity contribution in [3.05, 3.63) is 52.6 Å². The summed E-state index contributed by atoms with van der Waals surface area (Å²) < 4.78 is 73.1. The van der Waals surface area contributed by atoms with Gasteiger partial charge in [0.2, 0.25) is 0 Å². The molecule has 3 atom stereocenters. The Morgan fingerprint density at radius 1 is 1.25 bits per heavy atom. The summed E-state index contributed by atoms with van der Waals surface area (Å²) in [4.78, 5) is 0.00564. The summed E-state index contributed by atoms with van der Waals surface area (Å²) in [7, 11) is -2.58. The summed E-state index contributed by atoms with van der Waals surface area (Å²) in [5.41, 5.74) is 0.118. The third kappa shape index (κ3) is 2.78. The van der Waals surface area contributed by atoms with E-state index in [2.05, 4.69) is 0 Å². The first-order chi connectivity index (χ1) is 13.2. The molecule has 4 rings (SSSR count). The molecule has 2 heterocycles. The van der Waals surface area contributed by atoms with Crippen LogP contribution in [0.1, 0.15) is 12.0 Å². The molecule has 1 fully saturated rings. The highest BCUT2D eigenvalue weighted by molar-refractivity contribution is 7.93. The second kappa shape index (κ2) is 6.90. The molecular weight excluding hydrogens is 429 g/mol. The van der Waals surface area contributed by atoms with Gasteiger partial charge in [-0.1, -0.05) is 28.2 Å². The molecule has 4 nitrogen and oxygen atoms in total. The van der Waals surface area contributed by atoms with Crippen LogP contribution in [-0.4, -0.2) is 38.9 Å². The Morgan fingerprint density at radius 3 is 2.68 bits per heavy atom. The number of hydrogen-bond donors (Lipinski definition) is 0. The lowest BCUT2D eigenvalue weighted by Crippen LogP contribution is -2.56. The molecular formula is C18H16BClF2O4S2. The standard InChI is InChI=1S/C18H16BClF2O4S2/c19-12-7-11(20)1-4-15(12)28(24,25)18-5-6-27(23)9-10(18)8-26-17-14(22)3-2-13(21)16(17)18/h1-4,7,10H,5-6,8-9,19H2/t10-,18-,27?/m0/s1. The van der Waals surface area contributed by atoms with Gasteiger partial charge in [-0.15, -0.1) is 0 Å². The highest BCUT2D eigenvalue weighted by atomic mass is 35.5. The van der Waals surface area contributed by atoms with Gasteiger partial charge in [-0.05, 0) is 30.3 Å². The molecule has 0 aliphatic carbocycles. The SMILES string of the molecule is Bc1cc(Cl)ccc1S(=O)(=O)[C@@]12CC[S+]([O-])C[C@@H]1COc1c(F)ccc(F)c12. The molecule has 0 saturated carbocycles. The van der Waals surface area contributed by atoms with E-state index in [1.54, 1.807) is 7.85 Å². The predicted octanol–water partition coefficient (Wildman–Crippen LogP) is 1.71. The van der Waals surface area contributed by atoms with Gasteiger partial charge < -0.3 is 9.29 Å². The van der Waals surface area contributed by atoms with Crippen molar-refractivity contribution in [3.8, 4) is 5.75 Å². The number of hydrogen-bond acceptors (Lipinski definition) is 4. The monoisotopic (exact) mass is 444 g/mol. The number of ether oxygens (including phenoxy) is 1. The molecule has 2 aliphatic rings. The highest BCUT2D eigenvalue weighted by Gasteiger charge is 2.61. The van der Waals surface area contributed by atoms with Crippen LogP contribution in [0.15, 0.2) is 35.2 Å². The van der Waals surface area contributed by atoms with Crippen molar-refractivity contribution in [3.63, 3.8) is 0 Å². The van der Waals surface area contributed by atoms with E-state index in [0.717, 1.165) is 12.1 Å². The lowest BCUT2D eigenvalue weighted by atomic mass is 9.81. The first-order valence-electron chi connectivity index (χ1n) is 8.65. The van der Waals surface area contributed by atoms with Crippen molar-refractivity contribution in [2.24, 2.45) is 5.92 Å². The van der Waals surface area contributed by atoms with Gasteiger partial charge in [-0.2, -0.15) is 0 Å². The fourth-order valence-electron chi connectivity index (χ4n) is 4.28. The van der Waals surface area contributed by atoms with Crippen LogP contribution in [0.2, 0.25) is 5.02 Å². The fraction of sp³-hybridized carbons (Fsp3) is 0.333. The fourth-order valence-corrected chi connectivity index (χ4v) is 8.82. The van der Waals surface area contributed by atoms with Crippen LogP contribution < -0.4 is 10.2 Å². The maximum absolute atomic E-state index is 15.0. The Kier molecular flexibility index (Phi) is 4.93. The van der Waals surface area contributed by atoms with E-state index in [1.807, 2.05) is 0 Å².